The Balaban J connectivity index is 2.75. The van der Waals surface area contributed by atoms with Crippen molar-refractivity contribution in [3.05, 3.63) is 27.7 Å². The van der Waals surface area contributed by atoms with Crippen LogP contribution in [0.3, 0.4) is 0 Å². The standard InChI is InChI=1S/C11H12BrClN2O3/c1-2-18-11(17)9(14)10(16)15-7-5-3-4-6(13)8(7)12/h3-5,9H,2,14H2,1H3,(H,15,16). The second kappa shape index (κ2) is 6.72. The summed E-state index contributed by atoms with van der Waals surface area (Å²) in [5.41, 5.74) is 5.89. The third kappa shape index (κ3) is 3.69. The number of carbonyl (C=O) groups is 2. The molecule has 1 aromatic carbocycles. The maximum absolute atomic E-state index is 11.7. The molecule has 0 saturated carbocycles. The number of halogens is 2. The lowest BCUT2D eigenvalue weighted by atomic mass is 10.2. The van der Waals surface area contributed by atoms with Gasteiger partial charge in [-0.3, -0.25) is 4.79 Å². The van der Waals surface area contributed by atoms with Gasteiger partial charge in [0.2, 0.25) is 0 Å². The summed E-state index contributed by atoms with van der Waals surface area (Å²) in [5.74, 6) is -1.43. The summed E-state index contributed by atoms with van der Waals surface area (Å²) in [5, 5.41) is 2.94. The van der Waals surface area contributed by atoms with E-state index < -0.39 is 17.9 Å². The zero-order valence-electron chi connectivity index (χ0n) is 9.57. The van der Waals surface area contributed by atoms with Gasteiger partial charge >= 0.3 is 5.97 Å². The molecule has 1 unspecified atom stereocenters. The van der Waals surface area contributed by atoms with Crippen LogP contribution in [0.1, 0.15) is 6.92 Å². The predicted octanol–water partition coefficient (Wildman–Crippen LogP) is 1.93. The molecule has 0 radical (unpaired) electrons. The molecular formula is C11H12BrClN2O3. The van der Waals surface area contributed by atoms with E-state index in [1.54, 1.807) is 25.1 Å². The molecule has 1 aromatic rings. The van der Waals surface area contributed by atoms with Crippen molar-refractivity contribution in [2.45, 2.75) is 13.0 Å². The Bertz CT molecular complexity index is 468. The first-order chi connectivity index (χ1) is 8.47. The Morgan fingerprint density at radius 1 is 1.56 bits per heavy atom. The summed E-state index contributed by atoms with van der Waals surface area (Å²) < 4.78 is 5.18. The van der Waals surface area contributed by atoms with E-state index in [9.17, 15) is 9.59 Å². The number of anilines is 1. The molecule has 1 atom stereocenters. The minimum atomic E-state index is -1.36. The molecule has 0 aromatic heterocycles. The summed E-state index contributed by atoms with van der Waals surface area (Å²) in [6.45, 7) is 1.80. The lowest BCUT2D eigenvalue weighted by molar-refractivity contribution is -0.146. The van der Waals surface area contributed by atoms with Crippen LogP contribution in [0.4, 0.5) is 5.69 Å². The number of hydrogen-bond donors (Lipinski definition) is 2. The van der Waals surface area contributed by atoms with Crippen molar-refractivity contribution in [2.24, 2.45) is 5.73 Å². The van der Waals surface area contributed by atoms with E-state index in [0.29, 0.717) is 15.2 Å². The van der Waals surface area contributed by atoms with Crippen molar-refractivity contribution in [1.29, 1.82) is 0 Å². The van der Waals surface area contributed by atoms with Gasteiger partial charge in [0.25, 0.3) is 5.91 Å². The number of ether oxygens (including phenoxy) is 1. The Hall–Kier alpha value is -1.11. The summed E-state index contributed by atoms with van der Waals surface area (Å²) in [4.78, 5) is 23.0. The number of nitrogens with two attached hydrogens (primary N) is 1. The van der Waals surface area contributed by atoms with E-state index >= 15 is 0 Å². The first-order valence-corrected chi connectivity index (χ1v) is 6.31. The van der Waals surface area contributed by atoms with Crippen molar-refractivity contribution >= 4 is 45.1 Å². The van der Waals surface area contributed by atoms with Crippen LogP contribution in [0.15, 0.2) is 22.7 Å². The van der Waals surface area contributed by atoms with Gasteiger partial charge in [-0.1, -0.05) is 17.7 Å². The van der Waals surface area contributed by atoms with Crippen LogP contribution in [0.5, 0.6) is 0 Å². The molecular weight excluding hydrogens is 323 g/mol. The summed E-state index contributed by atoms with van der Waals surface area (Å²) >= 11 is 9.09. The van der Waals surface area contributed by atoms with Crippen LogP contribution in [-0.4, -0.2) is 24.5 Å². The first-order valence-electron chi connectivity index (χ1n) is 5.14. The number of amides is 1. The molecule has 5 nitrogen and oxygen atoms in total. The Kier molecular flexibility index (Phi) is 5.58. The number of esters is 1. The number of nitrogens with one attached hydrogen (secondary N) is 1. The monoisotopic (exact) mass is 334 g/mol. The third-order valence-corrected chi connectivity index (χ3v) is 3.43. The molecule has 1 rings (SSSR count). The second-order valence-electron chi connectivity index (χ2n) is 3.32. The van der Waals surface area contributed by atoms with Crippen LogP contribution < -0.4 is 11.1 Å². The van der Waals surface area contributed by atoms with Gasteiger partial charge in [-0.15, -0.1) is 0 Å². The summed E-state index contributed by atoms with van der Waals surface area (Å²) in [6, 6.07) is 3.59. The van der Waals surface area contributed by atoms with E-state index in [0.717, 1.165) is 0 Å². The normalized spacial score (nSPS) is 11.8. The van der Waals surface area contributed by atoms with E-state index in [2.05, 4.69) is 26.0 Å². The maximum Gasteiger partial charge on any atom is 0.332 e. The zero-order valence-corrected chi connectivity index (χ0v) is 11.9. The molecule has 1 amide bonds. The van der Waals surface area contributed by atoms with Crippen LogP contribution in [0.25, 0.3) is 0 Å². The molecule has 0 bridgehead atoms. The van der Waals surface area contributed by atoms with Crippen molar-refractivity contribution in [3.63, 3.8) is 0 Å². The minimum Gasteiger partial charge on any atom is -0.464 e. The van der Waals surface area contributed by atoms with Gasteiger partial charge < -0.3 is 15.8 Å². The van der Waals surface area contributed by atoms with Gasteiger partial charge in [-0.05, 0) is 35.0 Å². The Morgan fingerprint density at radius 3 is 2.83 bits per heavy atom. The average molecular weight is 336 g/mol. The molecule has 0 aliphatic heterocycles. The number of hydrogen-bond acceptors (Lipinski definition) is 4. The van der Waals surface area contributed by atoms with E-state index in [4.69, 9.17) is 17.3 Å². The van der Waals surface area contributed by atoms with Gasteiger partial charge in [-0.25, -0.2) is 4.79 Å². The lowest BCUT2D eigenvalue weighted by Crippen LogP contribution is -2.43. The number of rotatable bonds is 4. The van der Waals surface area contributed by atoms with Gasteiger partial charge in [0.15, 0.2) is 6.04 Å². The molecule has 0 fully saturated rings. The molecule has 0 heterocycles. The topological polar surface area (TPSA) is 81.4 Å². The molecule has 0 saturated heterocycles. The van der Waals surface area contributed by atoms with E-state index in [1.807, 2.05) is 0 Å². The molecule has 0 aliphatic carbocycles. The number of benzene rings is 1. The fourth-order valence-corrected chi connectivity index (χ4v) is 1.69. The van der Waals surface area contributed by atoms with Gasteiger partial charge in [-0.2, -0.15) is 0 Å². The third-order valence-electron chi connectivity index (χ3n) is 2.03. The van der Waals surface area contributed by atoms with Crippen molar-refractivity contribution < 1.29 is 14.3 Å². The van der Waals surface area contributed by atoms with Crippen LogP contribution in [0, 0.1) is 0 Å². The maximum atomic E-state index is 11.7. The summed E-state index contributed by atoms with van der Waals surface area (Å²) in [7, 11) is 0. The number of carbonyl (C=O) groups excluding carboxylic acids is 2. The van der Waals surface area contributed by atoms with E-state index in [-0.39, 0.29) is 6.61 Å². The highest BCUT2D eigenvalue weighted by atomic mass is 79.9. The minimum absolute atomic E-state index is 0.167. The smallest absolute Gasteiger partial charge is 0.332 e. The highest BCUT2D eigenvalue weighted by Gasteiger charge is 2.24. The largest absolute Gasteiger partial charge is 0.464 e. The molecule has 0 aliphatic rings. The van der Waals surface area contributed by atoms with Crippen molar-refractivity contribution in [1.82, 2.24) is 0 Å². The first kappa shape index (κ1) is 14.9. The van der Waals surface area contributed by atoms with Gasteiger partial charge in [0.1, 0.15) is 0 Å². The Labute approximate surface area is 118 Å². The lowest BCUT2D eigenvalue weighted by Gasteiger charge is -2.12. The van der Waals surface area contributed by atoms with Crippen LogP contribution in [-0.2, 0) is 14.3 Å². The Morgan fingerprint density at radius 2 is 2.22 bits per heavy atom. The quantitative estimate of drug-likeness (QED) is 0.651. The zero-order chi connectivity index (χ0) is 13.7. The van der Waals surface area contributed by atoms with E-state index in [1.165, 1.54) is 0 Å². The van der Waals surface area contributed by atoms with Crippen LogP contribution in [0.2, 0.25) is 5.02 Å². The SMILES string of the molecule is CCOC(=O)C(N)C(=O)Nc1cccc(Cl)c1Br. The van der Waals surface area contributed by atoms with Crippen LogP contribution >= 0.6 is 27.5 Å². The van der Waals surface area contributed by atoms with Gasteiger partial charge in [0, 0.05) is 0 Å². The molecule has 98 valence electrons. The molecule has 18 heavy (non-hydrogen) atoms. The van der Waals surface area contributed by atoms with Crippen molar-refractivity contribution in [2.75, 3.05) is 11.9 Å². The fourth-order valence-electron chi connectivity index (χ4n) is 1.15. The highest BCUT2D eigenvalue weighted by Crippen LogP contribution is 2.29. The predicted molar refractivity (Wildman–Crippen MR) is 72.4 cm³/mol. The molecule has 0 spiro atoms. The molecule has 7 heteroatoms. The molecule has 3 N–H and O–H groups in total. The fraction of sp³-hybridized carbons (Fsp3) is 0.273. The van der Waals surface area contributed by atoms with Crippen molar-refractivity contribution in [3.8, 4) is 0 Å². The summed E-state index contributed by atoms with van der Waals surface area (Å²) in [6.07, 6.45) is 0. The second-order valence-corrected chi connectivity index (χ2v) is 4.52. The average Bonchev–Trinajstić information content (AvgIpc) is 2.34. The van der Waals surface area contributed by atoms with Gasteiger partial charge in [0.05, 0.1) is 21.8 Å². The highest BCUT2D eigenvalue weighted by molar-refractivity contribution is 9.10.